The van der Waals surface area contributed by atoms with E-state index in [1.165, 1.54) is 41.5 Å². The third-order valence-electron chi connectivity index (χ3n) is 11.2. The van der Waals surface area contributed by atoms with Crippen LogP contribution in [0, 0.1) is 16.7 Å². The first kappa shape index (κ1) is 40.7. The zero-order valence-corrected chi connectivity index (χ0v) is 31.8. The molecule has 2 fully saturated rings. The average molecular weight is 728 g/mol. The van der Waals surface area contributed by atoms with Crippen molar-refractivity contribution in [1.82, 2.24) is 4.90 Å². The molecule has 52 heavy (non-hydrogen) atoms. The molecule has 0 heterocycles. The van der Waals surface area contributed by atoms with Gasteiger partial charge in [0.05, 0.1) is 23.5 Å². The fourth-order valence-corrected chi connectivity index (χ4v) is 8.93. The van der Waals surface area contributed by atoms with Crippen molar-refractivity contribution in [2.24, 2.45) is 16.7 Å². The lowest BCUT2D eigenvalue weighted by Gasteiger charge is -2.55. The van der Waals surface area contributed by atoms with E-state index >= 15 is 0 Å². The summed E-state index contributed by atoms with van der Waals surface area (Å²) >= 11 is 0. The van der Waals surface area contributed by atoms with Gasteiger partial charge in [-0.25, -0.2) is 0 Å². The molecule has 0 radical (unpaired) electrons. The predicted octanol–water partition coefficient (Wildman–Crippen LogP) is 3.75. The highest BCUT2D eigenvalue weighted by Crippen LogP contribution is 2.66. The number of esters is 5. The van der Waals surface area contributed by atoms with Crippen LogP contribution in [0.2, 0.25) is 0 Å². The summed E-state index contributed by atoms with van der Waals surface area (Å²) in [6.45, 7) is 15.4. The van der Waals surface area contributed by atoms with Gasteiger partial charge in [0.1, 0.15) is 18.3 Å². The Bertz CT molecular complexity index is 1610. The number of fused-ring (bicyclic) bond motifs is 2. The summed E-state index contributed by atoms with van der Waals surface area (Å²) in [6, 6.07) is 9.10. The first-order chi connectivity index (χ1) is 24.1. The third-order valence-corrected chi connectivity index (χ3v) is 11.2. The van der Waals surface area contributed by atoms with Crippen molar-refractivity contribution in [3.63, 3.8) is 0 Å². The van der Waals surface area contributed by atoms with Crippen LogP contribution in [0.4, 0.5) is 0 Å². The molecule has 13 nitrogen and oxygen atoms in total. The largest absolute Gasteiger partial charge is 0.461 e. The van der Waals surface area contributed by atoms with E-state index in [2.05, 4.69) is 6.58 Å². The van der Waals surface area contributed by atoms with Gasteiger partial charge < -0.3 is 38.8 Å². The molecule has 0 unspecified atom stereocenters. The number of carbonyl (C=O) groups is 5. The first-order valence-electron chi connectivity index (χ1n) is 17.5. The quantitative estimate of drug-likeness (QED) is 0.203. The molecule has 0 aliphatic heterocycles. The lowest BCUT2D eigenvalue weighted by Crippen LogP contribution is -2.63. The number of hydrogen-bond acceptors (Lipinski definition) is 13. The summed E-state index contributed by atoms with van der Waals surface area (Å²) in [6.07, 6.45) is -8.17. The Morgan fingerprint density at radius 1 is 0.885 bits per heavy atom. The maximum atomic E-state index is 13.7. The van der Waals surface area contributed by atoms with Crippen molar-refractivity contribution in [1.29, 1.82) is 0 Å². The Morgan fingerprint density at radius 2 is 1.42 bits per heavy atom. The van der Waals surface area contributed by atoms with Crippen molar-refractivity contribution >= 4 is 29.8 Å². The van der Waals surface area contributed by atoms with Gasteiger partial charge in [-0.15, -0.1) is 0 Å². The van der Waals surface area contributed by atoms with Crippen LogP contribution in [0.5, 0.6) is 0 Å². The Labute approximate surface area is 305 Å². The Balaban J connectivity index is 1.97. The van der Waals surface area contributed by atoms with Crippen molar-refractivity contribution < 1.29 is 57.9 Å². The Morgan fingerprint density at radius 3 is 1.92 bits per heavy atom. The minimum atomic E-state index is -1.81. The van der Waals surface area contributed by atoms with Crippen molar-refractivity contribution in [2.45, 2.75) is 123 Å². The summed E-state index contributed by atoms with van der Waals surface area (Å²) in [7, 11) is 3.69. The molecule has 3 aliphatic carbocycles. The lowest BCUT2D eigenvalue weighted by atomic mass is 9.54. The van der Waals surface area contributed by atoms with Crippen LogP contribution >= 0.6 is 0 Å². The first-order valence-corrected chi connectivity index (χ1v) is 17.5. The van der Waals surface area contributed by atoms with E-state index in [4.69, 9.17) is 23.7 Å². The van der Waals surface area contributed by atoms with E-state index in [1.54, 1.807) is 13.8 Å². The van der Waals surface area contributed by atoms with Crippen molar-refractivity contribution in [3.8, 4) is 0 Å². The number of aliphatic hydroxyl groups is 2. The molecule has 286 valence electrons. The number of carbonyl (C=O) groups excluding carboxylic acids is 5. The van der Waals surface area contributed by atoms with Gasteiger partial charge in [0.15, 0.2) is 12.2 Å². The number of benzene rings is 1. The standard InChI is InChI=1S/C39H53NO12/c1-20-28(52-31(46)17-27(40(10)11)26-15-13-12-14-16-26)18-30(45)38(9)33(20)35(50-24(5)43)39(37(7,8)47)19-29(48-22(3)41)21(2)32(39)34(49-23(4)42)36(38)51-25(6)44/h12-16,27-30,33-36,45,47H,1,17-19H2,2-11H3/t27-,28+,29+,30+,33+,34-,35+,36+,38-,39+/m1/s1. The van der Waals surface area contributed by atoms with Crippen LogP contribution in [0.3, 0.4) is 0 Å². The highest BCUT2D eigenvalue weighted by atomic mass is 16.6. The van der Waals surface area contributed by atoms with E-state index in [-0.39, 0.29) is 36.5 Å². The molecule has 2 N–H and O–H groups in total. The molecule has 3 aliphatic rings. The maximum Gasteiger partial charge on any atom is 0.308 e. The topological polar surface area (TPSA) is 175 Å². The minimum absolute atomic E-state index is 0.0411. The highest BCUT2D eigenvalue weighted by Gasteiger charge is 2.73. The van der Waals surface area contributed by atoms with Gasteiger partial charge >= 0.3 is 29.8 Å². The van der Waals surface area contributed by atoms with Crippen LogP contribution < -0.4 is 0 Å². The molecule has 0 saturated heterocycles. The van der Waals surface area contributed by atoms with Crippen LogP contribution in [0.15, 0.2) is 53.6 Å². The lowest BCUT2D eigenvalue weighted by molar-refractivity contribution is -0.211. The Hall–Kier alpha value is -4.07. The monoisotopic (exact) mass is 727 g/mol. The summed E-state index contributed by atoms with van der Waals surface area (Å²) in [5.41, 5.74) is -3.39. The molecule has 1 aromatic carbocycles. The summed E-state index contributed by atoms with van der Waals surface area (Å²) < 4.78 is 30.0. The Kier molecular flexibility index (Phi) is 11.8. The van der Waals surface area contributed by atoms with Gasteiger partial charge in [-0.05, 0) is 57.1 Å². The van der Waals surface area contributed by atoms with E-state index in [9.17, 15) is 34.2 Å². The molecular formula is C39H53NO12. The predicted molar refractivity (Wildman–Crippen MR) is 187 cm³/mol. The smallest absolute Gasteiger partial charge is 0.308 e. The fourth-order valence-electron chi connectivity index (χ4n) is 8.93. The number of hydrogen-bond donors (Lipinski definition) is 2. The molecule has 13 heteroatoms. The fraction of sp³-hybridized carbons (Fsp3) is 0.615. The van der Waals surface area contributed by atoms with E-state index in [0.717, 1.165) is 5.56 Å². The van der Waals surface area contributed by atoms with Gasteiger partial charge in [0.25, 0.3) is 0 Å². The van der Waals surface area contributed by atoms with Gasteiger partial charge in [0, 0.05) is 57.9 Å². The number of ether oxygens (including phenoxy) is 5. The highest BCUT2D eigenvalue weighted by molar-refractivity contribution is 5.72. The van der Waals surface area contributed by atoms with E-state index < -0.39 is 88.8 Å². The van der Waals surface area contributed by atoms with Gasteiger partial charge in [-0.2, -0.15) is 0 Å². The van der Waals surface area contributed by atoms with Crippen LogP contribution in [-0.2, 0) is 47.7 Å². The molecular weight excluding hydrogens is 674 g/mol. The number of aliphatic hydroxyl groups excluding tert-OH is 1. The average Bonchev–Trinajstić information content (AvgIpc) is 3.28. The second-order valence-electron chi connectivity index (χ2n) is 15.3. The van der Waals surface area contributed by atoms with Crippen molar-refractivity contribution in [3.05, 3.63) is 59.2 Å². The van der Waals surface area contributed by atoms with Crippen LogP contribution in [0.25, 0.3) is 0 Å². The maximum absolute atomic E-state index is 13.7. The van der Waals surface area contributed by atoms with E-state index in [0.29, 0.717) is 5.57 Å². The van der Waals surface area contributed by atoms with Gasteiger partial charge in [-0.1, -0.05) is 43.8 Å². The molecule has 0 spiro atoms. The second-order valence-corrected chi connectivity index (χ2v) is 15.3. The summed E-state index contributed by atoms with van der Waals surface area (Å²) in [4.78, 5) is 66.9. The normalized spacial score (nSPS) is 32.2. The SMILES string of the molecule is C=C1[C@@H](OC(=O)C[C@H](c2ccccc2)N(C)C)C[C@H](O)[C@@]2(C)[C@@H](OC(C)=O)[C@H](OC(C)=O)C3=C(C)[C@@H](OC(C)=O)C[C@@]3(C(C)(C)O)[C@@H](OC(C)=O)[C@H]12. The number of nitrogens with zero attached hydrogens (tertiary/aromatic N) is 1. The molecule has 0 amide bonds. The number of rotatable bonds is 10. The summed E-state index contributed by atoms with van der Waals surface area (Å²) in [5.74, 6) is -4.68. The molecule has 4 rings (SSSR count). The van der Waals surface area contributed by atoms with Crippen LogP contribution in [0.1, 0.15) is 86.3 Å². The summed E-state index contributed by atoms with van der Waals surface area (Å²) in [5, 5.41) is 24.6. The van der Waals surface area contributed by atoms with E-state index in [1.807, 2.05) is 49.3 Å². The zero-order chi connectivity index (χ0) is 39.1. The van der Waals surface area contributed by atoms with Crippen molar-refractivity contribution in [2.75, 3.05) is 14.1 Å². The molecule has 0 bridgehead atoms. The molecule has 1 aromatic rings. The molecule has 2 saturated carbocycles. The second kappa shape index (κ2) is 15.1. The third kappa shape index (κ3) is 7.40. The van der Waals surface area contributed by atoms with Gasteiger partial charge in [-0.3, -0.25) is 24.0 Å². The molecule has 10 atom stereocenters. The van der Waals surface area contributed by atoms with Gasteiger partial charge in [0.2, 0.25) is 0 Å². The minimum Gasteiger partial charge on any atom is -0.461 e. The molecule has 0 aromatic heterocycles. The zero-order valence-electron chi connectivity index (χ0n) is 31.8. The van der Waals surface area contributed by atoms with Crippen LogP contribution in [-0.4, -0.2) is 101 Å².